The van der Waals surface area contributed by atoms with E-state index >= 15 is 0 Å². The molecule has 0 spiro atoms. The van der Waals surface area contributed by atoms with E-state index < -0.39 is 0 Å². The van der Waals surface area contributed by atoms with Gasteiger partial charge in [-0.15, -0.1) is 0 Å². The fourth-order valence-corrected chi connectivity index (χ4v) is 3.90. The predicted molar refractivity (Wildman–Crippen MR) is 109 cm³/mol. The van der Waals surface area contributed by atoms with Crippen LogP contribution in [0.4, 0.5) is 0 Å². The Hall–Kier alpha value is -2.73. The minimum absolute atomic E-state index is 0.0242. The van der Waals surface area contributed by atoms with E-state index in [2.05, 4.69) is 0 Å². The summed E-state index contributed by atoms with van der Waals surface area (Å²) in [5, 5.41) is 0. The number of fused-ring (bicyclic) bond motifs is 1. The molecule has 2 aromatic carbocycles. The largest absolute Gasteiger partial charge is 0.493 e. The molecule has 2 heterocycles. The molecule has 2 aliphatic heterocycles. The highest BCUT2D eigenvalue weighted by Gasteiger charge is 2.24. The number of carbonyl (C=O) groups is 1. The van der Waals surface area contributed by atoms with Crippen LogP contribution in [0.1, 0.15) is 34.3 Å². The van der Waals surface area contributed by atoms with Crippen molar-refractivity contribution in [1.82, 2.24) is 4.90 Å². The lowest BCUT2D eigenvalue weighted by molar-refractivity contribution is 0.0678. The van der Waals surface area contributed by atoms with Crippen LogP contribution in [-0.4, -0.2) is 50.9 Å². The molecule has 6 nitrogen and oxygen atoms in total. The Kier molecular flexibility index (Phi) is 5.90. The van der Waals surface area contributed by atoms with Crippen molar-refractivity contribution < 1.29 is 23.7 Å². The zero-order valence-electron chi connectivity index (χ0n) is 17.0. The van der Waals surface area contributed by atoms with Crippen molar-refractivity contribution in [2.24, 2.45) is 0 Å². The van der Waals surface area contributed by atoms with Gasteiger partial charge in [0.15, 0.2) is 11.5 Å². The number of hydrogen-bond acceptors (Lipinski definition) is 5. The van der Waals surface area contributed by atoms with E-state index in [0.29, 0.717) is 31.0 Å². The summed E-state index contributed by atoms with van der Waals surface area (Å²) >= 11 is 0. The van der Waals surface area contributed by atoms with Gasteiger partial charge in [-0.25, -0.2) is 0 Å². The lowest BCUT2D eigenvalue weighted by atomic mass is 9.98. The van der Waals surface area contributed by atoms with Gasteiger partial charge in [0.25, 0.3) is 5.91 Å². The maximum atomic E-state index is 13.0. The molecule has 0 N–H and O–H groups in total. The van der Waals surface area contributed by atoms with Gasteiger partial charge < -0.3 is 23.8 Å². The number of methoxy groups -OCH3 is 2. The van der Waals surface area contributed by atoms with E-state index in [9.17, 15) is 4.79 Å². The van der Waals surface area contributed by atoms with Crippen molar-refractivity contribution in [3.8, 4) is 17.2 Å². The van der Waals surface area contributed by atoms with E-state index in [1.54, 1.807) is 14.2 Å². The Bertz CT molecular complexity index is 858. The molecule has 0 aliphatic carbocycles. The molecule has 0 aromatic heterocycles. The van der Waals surface area contributed by atoms with E-state index in [1.807, 2.05) is 41.3 Å². The molecular formula is C23H27NO5. The van der Waals surface area contributed by atoms with Gasteiger partial charge >= 0.3 is 0 Å². The summed E-state index contributed by atoms with van der Waals surface area (Å²) in [6.07, 6.45) is 3.12. The molecule has 0 radical (unpaired) electrons. The Morgan fingerprint density at radius 3 is 2.48 bits per heavy atom. The Balaban J connectivity index is 1.41. The van der Waals surface area contributed by atoms with Crippen LogP contribution in [0.5, 0.6) is 17.2 Å². The monoisotopic (exact) mass is 397 g/mol. The summed E-state index contributed by atoms with van der Waals surface area (Å²) < 4.78 is 22.1. The Morgan fingerprint density at radius 2 is 1.83 bits per heavy atom. The molecule has 1 atom stereocenters. The van der Waals surface area contributed by atoms with Crippen LogP contribution < -0.4 is 14.2 Å². The van der Waals surface area contributed by atoms with Gasteiger partial charge in [-0.05, 0) is 66.8 Å². The molecular weight excluding hydrogens is 370 g/mol. The zero-order chi connectivity index (χ0) is 20.2. The molecule has 1 fully saturated rings. The smallest absolute Gasteiger partial charge is 0.254 e. The number of benzene rings is 2. The number of carbonyl (C=O) groups excluding carboxylic acids is 1. The van der Waals surface area contributed by atoms with E-state index in [0.717, 1.165) is 42.9 Å². The van der Waals surface area contributed by atoms with Crippen LogP contribution in [0, 0.1) is 0 Å². The highest BCUT2D eigenvalue weighted by Crippen LogP contribution is 2.33. The molecule has 4 rings (SSSR count). The fraction of sp³-hybridized carbons (Fsp3) is 0.435. The molecule has 0 saturated carbocycles. The summed E-state index contributed by atoms with van der Waals surface area (Å²) in [6.45, 7) is 2.62. The van der Waals surface area contributed by atoms with Crippen LogP contribution in [0.25, 0.3) is 0 Å². The summed E-state index contributed by atoms with van der Waals surface area (Å²) in [4.78, 5) is 14.8. The SMILES string of the molecule is COc1cc2c(cc1OC)CN(C(=O)c1ccc(OCC3CCCO3)cc1)CC2. The van der Waals surface area contributed by atoms with Crippen LogP contribution in [0.2, 0.25) is 0 Å². The van der Waals surface area contributed by atoms with E-state index in [-0.39, 0.29) is 12.0 Å². The van der Waals surface area contributed by atoms with Crippen molar-refractivity contribution in [2.75, 3.05) is 34.0 Å². The summed E-state index contributed by atoms with van der Waals surface area (Å²) in [6, 6.07) is 11.3. The quantitative estimate of drug-likeness (QED) is 0.747. The molecule has 2 aromatic rings. The van der Waals surface area contributed by atoms with Gasteiger partial charge in [0, 0.05) is 25.3 Å². The van der Waals surface area contributed by atoms with Gasteiger partial charge in [0.1, 0.15) is 12.4 Å². The number of rotatable bonds is 6. The third-order valence-corrected chi connectivity index (χ3v) is 5.57. The lowest BCUT2D eigenvalue weighted by Gasteiger charge is -2.29. The third kappa shape index (κ3) is 4.32. The maximum absolute atomic E-state index is 13.0. The average molecular weight is 397 g/mol. The zero-order valence-corrected chi connectivity index (χ0v) is 17.0. The van der Waals surface area contributed by atoms with Crippen molar-refractivity contribution in [1.29, 1.82) is 0 Å². The van der Waals surface area contributed by atoms with Gasteiger partial charge in [-0.1, -0.05) is 0 Å². The molecule has 6 heteroatoms. The summed E-state index contributed by atoms with van der Waals surface area (Å²) in [7, 11) is 3.26. The Labute approximate surface area is 171 Å². The average Bonchev–Trinajstić information content (AvgIpc) is 3.30. The van der Waals surface area contributed by atoms with E-state index in [1.165, 1.54) is 5.56 Å². The highest BCUT2D eigenvalue weighted by atomic mass is 16.5. The molecule has 0 bridgehead atoms. The summed E-state index contributed by atoms with van der Waals surface area (Å²) in [5.41, 5.74) is 2.96. The first-order valence-corrected chi connectivity index (χ1v) is 10.1. The van der Waals surface area contributed by atoms with Crippen molar-refractivity contribution >= 4 is 5.91 Å². The molecule has 29 heavy (non-hydrogen) atoms. The van der Waals surface area contributed by atoms with Gasteiger partial charge in [0.2, 0.25) is 0 Å². The number of nitrogens with zero attached hydrogens (tertiary/aromatic N) is 1. The van der Waals surface area contributed by atoms with Gasteiger partial charge in [0.05, 0.1) is 20.3 Å². The molecule has 2 aliphatic rings. The first kappa shape index (κ1) is 19.6. The third-order valence-electron chi connectivity index (χ3n) is 5.57. The van der Waals surface area contributed by atoms with E-state index in [4.69, 9.17) is 18.9 Å². The maximum Gasteiger partial charge on any atom is 0.254 e. The molecule has 1 amide bonds. The summed E-state index contributed by atoms with van der Waals surface area (Å²) in [5.74, 6) is 2.20. The second-order valence-corrected chi connectivity index (χ2v) is 7.42. The molecule has 154 valence electrons. The normalized spacial score (nSPS) is 18.3. The Morgan fingerprint density at radius 1 is 1.10 bits per heavy atom. The second-order valence-electron chi connectivity index (χ2n) is 7.42. The topological polar surface area (TPSA) is 57.2 Å². The van der Waals surface area contributed by atoms with Crippen molar-refractivity contribution in [3.63, 3.8) is 0 Å². The fourth-order valence-electron chi connectivity index (χ4n) is 3.90. The second kappa shape index (κ2) is 8.74. The molecule has 1 unspecified atom stereocenters. The molecule has 1 saturated heterocycles. The van der Waals surface area contributed by atoms with Crippen molar-refractivity contribution in [3.05, 3.63) is 53.1 Å². The van der Waals surface area contributed by atoms with Crippen LogP contribution in [0.3, 0.4) is 0 Å². The number of hydrogen-bond donors (Lipinski definition) is 0. The lowest BCUT2D eigenvalue weighted by Crippen LogP contribution is -2.36. The van der Waals surface area contributed by atoms with Crippen LogP contribution >= 0.6 is 0 Å². The number of ether oxygens (including phenoxy) is 4. The minimum atomic E-state index is 0.0242. The standard InChI is InChI=1S/C23H27NO5/c1-26-21-12-17-9-10-24(14-18(17)13-22(21)27-2)23(25)16-5-7-19(8-6-16)29-15-20-4-3-11-28-20/h5-8,12-13,20H,3-4,9-11,14-15H2,1-2H3. The van der Waals surface area contributed by atoms with Crippen molar-refractivity contribution in [2.45, 2.75) is 31.9 Å². The predicted octanol–water partition coefficient (Wildman–Crippen LogP) is 3.46. The van der Waals surface area contributed by atoms with Crippen LogP contribution in [-0.2, 0) is 17.7 Å². The number of amides is 1. The van der Waals surface area contributed by atoms with Crippen LogP contribution in [0.15, 0.2) is 36.4 Å². The minimum Gasteiger partial charge on any atom is -0.493 e. The first-order chi connectivity index (χ1) is 14.2. The first-order valence-electron chi connectivity index (χ1n) is 10.1. The van der Waals surface area contributed by atoms with Gasteiger partial charge in [-0.2, -0.15) is 0 Å². The van der Waals surface area contributed by atoms with Gasteiger partial charge in [-0.3, -0.25) is 4.79 Å². The highest BCUT2D eigenvalue weighted by molar-refractivity contribution is 5.94.